The Bertz CT molecular complexity index is 1140. The Kier molecular flexibility index (Phi) is 4.55. The van der Waals surface area contributed by atoms with E-state index >= 15 is 0 Å². The third kappa shape index (κ3) is 3.20. The van der Waals surface area contributed by atoms with Crippen LogP contribution in [-0.4, -0.2) is 10.6 Å². The van der Waals surface area contributed by atoms with Crippen molar-refractivity contribution < 1.29 is 9.46 Å². The predicted octanol–water partition coefficient (Wildman–Crippen LogP) is 4.78. The summed E-state index contributed by atoms with van der Waals surface area (Å²) >= 11 is 2.26. The van der Waals surface area contributed by atoms with E-state index in [0.717, 1.165) is 60.0 Å². The van der Waals surface area contributed by atoms with Crippen molar-refractivity contribution in [3.63, 3.8) is 0 Å². The molecule has 0 saturated carbocycles. The van der Waals surface area contributed by atoms with Crippen LogP contribution in [0.2, 0.25) is 0 Å². The molecule has 4 rings (SSSR count). The number of hydrogen-bond acceptors (Lipinski definition) is 3. The molecule has 5 heteroatoms. The lowest BCUT2D eigenvalue weighted by Gasteiger charge is -2.12. The lowest BCUT2D eigenvalue weighted by Crippen LogP contribution is -2.27. The number of rotatable bonds is 0. The van der Waals surface area contributed by atoms with Crippen LogP contribution < -0.4 is 10.4 Å². The van der Waals surface area contributed by atoms with Crippen LogP contribution in [0.3, 0.4) is 0 Å². The number of hydrogen-bond donors (Lipinski definition) is 1. The molecular weight excluding hydrogens is 367 g/mol. The van der Waals surface area contributed by atoms with Gasteiger partial charge in [-0.2, -0.15) is 0 Å². The van der Waals surface area contributed by atoms with Crippen molar-refractivity contribution in [2.24, 2.45) is 0 Å². The van der Waals surface area contributed by atoms with Gasteiger partial charge in [-0.25, -0.2) is 0 Å². The van der Waals surface area contributed by atoms with Crippen LogP contribution in [0.1, 0.15) is 12.5 Å². The molecule has 0 fully saturated rings. The molecule has 3 aromatic rings. The van der Waals surface area contributed by atoms with Crippen molar-refractivity contribution >= 4 is 51.0 Å². The van der Waals surface area contributed by atoms with Gasteiger partial charge in [0.05, 0.1) is 0 Å². The summed E-state index contributed by atoms with van der Waals surface area (Å²) in [6, 6.07) is 20.5. The zero-order valence-corrected chi connectivity index (χ0v) is 16.2. The van der Waals surface area contributed by atoms with Gasteiger partial charge in [-0.15, -0.1) is 0 Å². The normalized spacial score (nSPS) is 23.4. The molecule has 0 spiro atoms. The van der Waals surface area contributed by atoms with Crippen molar-refractivity contribution in [3.8, 4) is 0 Å². The van der Waals surface area contributed by atoms with Crippen LogP contribution in [0.15, 0.2) is 65.6 Å². The molecule has 2 nitrogen and oxygen atoms in total. The average Bonchev–Trinajstić information content (AvgIpc) is 2.76. The molecule has 0 aromatic heterocycles. The number of fused-ring (bicyclic) bond motifs is 3. The van der Waals surface area contributed by atoms with Crippen LogP contribution in [-0.2, 0) is 4.57 Å². The molecule has 0 saturated heterocycles. The van der Waals surface area contributed by atoms with E-state index in [-0.39, 0.29) is 0 Å². The summed E-state index contributed by atoms with van der Waals surface area (Å²) in [5.74, 6) is -2.80. The summed E-state index contributed by atoms with van der Waals surface area (Å²) in [5, 5.41) is 4.57. The van der Waals surface area contributed by atoms with Crippen molar-refractivity contribution in [2.45, 2.75) is 11.8 Å². The second-order valence-corrected chi connectivity index (χ2v) is 12.9. The van der Waals surface area contributed by atoms with Crippen molar-refractivity contribution in [2.75, 3.05) is 5.75 Å². The zero-order chi connectivity index (χ0) is 17.4. The molecule has 3 aromatic carbocycles. The van der Waals surface area contributed by atoms with Gasteiger partial charge >= 0.3 is 5.77 Å². The summed E-state index contributed by atoms with van der Waals surface area (Å²) in [6.45, 7) is 2.03. The Balaban J connectivity index is 2.20. The van der Waals surface area contributed by atoms with Gasteiger partial charge in [0.25, 0.3) is 0 Å². The SMILES string of the molecule is C/C=c1/cccc/c1=C1/CSP(=O)(O)Sc2ccc3ccccc3c21. The van der Waals surface area contributed by atoms with Crippen LogP contribution in [0.5, 0.6) is 0 Å². The fraction of sp³-hybridized carbons (Fsp3) is 0.100. The summed E-state index contributed by atoms with van der Waals surface area (Å²) in [6.07, 6.45) is 2.09. The molecule has 126 valence electrons. The maximum atomic E-state index is 12.5. The Morgan fingerprint density at radius 2 is 1.80 bits per heavy atom. The molecule has 1 atom stereocenters. The monoisotopic (exact) mass is 384 g/mol. The highest BCUT2D eigenvalue weighted by Crippen LogP contribution is 2.71. The van der Waals surface area contributed by atoms with E-state index in [4.69, 9.17) is 0 Å². The fourth-order valence-electron chi connectivity index (χ4n) is 3.24. The maximum absolute atomic E-state index is 12.5. The zero-order valence-electron chi connectivity index (χ0n) is 13.7. The molecule has 1 unspecified atom stereocenters. The predicted molar refractivity (Wildman–Crippen MR) is 110 cm³/mol. The van der Waals surface area contributed by atoms with Crippen LogP contribution >= 0.6 is 28.5 Å². The van der Waals surface area contributed by atoms with Crippen LogP contribution in [0.25, 0.3) is 22.4 Å². The quantitative estimate of drug-likeness (QED) is 0.566. The van der Waals surface area contributed by atoms with Crippen molar-refractivity contribution in [3.05, 3.63) is 76.7 Å². The molecule has 0 aliphatic carbocycles. The largest absolute Gasteiger partial charge is 0.329 e. The Morgan fingerprint density at radius 3 is 2.64 bits per heavy atom. The van der Waals surface area contributed by atoms with E-state index in [1.807, 2.05) is 43.3 Å². The van der Waals surface area contributed by atoms with Gasteiger partial charge in [-0.3, -0.25) is 4.57 Å². The van der Waals surface area contributed by atoms with Gasteiger partial charge in [0.1, 0.15) is 0 Å². The Labute approximate surface area is 154 Å². The van der Waals surface area contributed by atoms with Crippen molar-refractivity contribution in [1.29, 1.82) is 0 Å². The van der Waals surface area contributed by atoms with Crippen LogP contribution in [0.4, 0.5) is 0 Å². The minimum atomic E-state index is -3.32. The lowest BCUT2D eigenvalue weighted by atomic mass is 9.96. The van der Waals surface area contributed by atoms with Gasteiger partial charge in [0.15, 0.2) is 0 Å². The molecule has 1 aliphatic rings. The first-order valence-corrected chi connectivity index (χ1v) is 12.7. The minimum Gasteiger partial charge on any atom is -0.329 e. The van der Waals surface area contributed by atoms with E-state index < -0.39 is 5.77 Å². The first-order valence-electron chi connectivity index (χ1n) is 8.03. The second kappa shape index (κ2) is 6.69. The van der Waals surface area contributed by atoms with Gasteiger partial charge in [0.2, 0.25) is 0 Å². The molecule has 0 bridgehead atoms. The van der Waals surface area contributed by atoms with Gasteiger partial charge in [-0.1, -0.05) is 72.1 Å². The summed E-state index contributed by atoms with van der Waals surface area (Å²) < 4.78 is 12.5. The van der Waals surface area contributed by atoms with Gasteiger partial charge < -0.3 is 4.89 Å². The van der Waals surface area contributed by atoms with Gasteiger partial charge in [-0.05, 0) is 51.2 Å². The highest BCUT2D eigenvalue weighted by Gasteiger charge is 2.29. The third-order valence-electron chi connectivity index (χ3n) is 4.38. The number of benzene rings is 3. The average molecular weight is 384 g/mol. The highest BCUT2D eigenvalue weighted by atomic mass is 33.1. The molecule has 1 N–H and O–H groups in total. The summed E-state index contributed by atoms with van der Waals surface area (Å²) in [5.41, 5.74) is 2.22. The van der Waals surface area contributed by atoms with E-state index in [9.17, 15) is 9.46 Å². The molecule has 1 aliphatic heterocycles. The van der Waals surface area contributed by atoms with E-state index in [2.05, 4.69) is 30.3 Å². The molecule has 0 radical (unpaired) electrons. The van der Waals surface area contributed by atoms with Crippen LogP contribution in [0, 0.1) is 0 Å². The second-order valence-electron chi connectivity index (χ2n) is 5.85. The maximum Gasteiger partial charge on any atom is 0.315 e. The lowest BCUT2D eigenvalue weighted by molar-refractivity contribution is 0.514. The summed E-state index contributed by atoms with van der Waals surface area (Å²) in [4.78, 5) is 11.2. The fourth-order valence-corrected chi connectivity index (χ4v) is 8.50. The highest BCUT2D eigenvalue weighted by molar-refractivity contribution is 8.89. The van der Waals surface area contributed by atoms with Crippen molar-refractivity contribution in [1.82, 2.24) is 0 Å². The first-order chi connectivity index (χ1) is 12.1. The van der Waals surface area contributed by atoms with E-state index in [0.29, 0.717) is 5.75 Å². The standard InChI is InChI=1S/C20H17O2PS2/c1-2-14-7-3-5-9-16(14)18-13-24-23(21,22)25-19-12-11-15-8-4-6-10-17(15)20(18)19/h2-12H,13H2,1H3,(H,21,22)/b14-2-,18-16+. The molecule has 25 heavy (non-hydrogen) atoms. The van der Waals surface area contributed by atoms with Gasteiger partial charge in [0, 0.05) is 16.2 Å². The van der Waals surface area contributed by atoms with E-state index in [1.54, 1.807) is 0 Å². The first kappa shape index (κ1) is 17.0. The van der Waals surface area contributed by atoms with E-state index in [1.165, 1.54) is 0 Å². The smallest absolute Gasteiger partial charge is 0.315 e. The Morgan fingerprint density at radius 1 is 1.04 bits per heavy atom. The Hall–Kier alpha value is -1.45. The third-order valence-corrected chi connectivity index (χ3v) is 10.2. The topological polar surface area (TPSA) is 37.3 Å². The molecule has 1 heterocycles. The molecule has 0 amide bonds. The minimum absolute atomic E-state index is 0.520. The summed E-state index contributed by atoms with van der Waals surface area (Å²) in [7, 11) is 0. The molecular formula is C20H17O2PS2.